The van der Waals surface area contributed by atoms with Crippen LogP contribution >= 0.6 is 45.8 Å². The Labute approximate surface area is 113 Å². The summed E-state index contributed by atoms with van der Waals surface area (Å²) >= 11 is 14.2. The first-order valence-corrected chi connectivity index (χ1v) is 6.17. The Balaban J connectivity index is 3.24. The van der Waals surface area contributed by atoms with E-state index in [1.807, 2.05) is 19.1 Å². The molecule has 0 unspecified atom stereocenters. The van der Waals surface area contributed by atoms with Crippen LogP contribution in [0, 0.1) is 14.9 Å². The Kier molecular flexibility index (Phi) is 4.91. The predicted molar refractivity (Wildman–Crippen MR) is 72.8 cm³/mol. The standard InChI is InChI=1S/C11H8Cl2IN/c1-2-7(6-15)11(13)8-3-4-10(14)9(12)5-8/h3-5H,2H2,1H3/b11-7-. The van der Waals surface area contributed by atoms with E-state index in [0.29, 0.717) is 22.0 Å². The maximum absolute atomic E-state index is 8.85. The zero-order valence-corrected chi connectivity index (χ0v) is 11.7. The van der Waals surface area contributed by atoms with E-state index in [2.05, 4.69) is 28.7 Å². The molecule has 0 aliphatic heterocycles. The smallest absolute Gasteiger partial charge is 0.0962 e. The molecule has 1 aromatic carbocycles. The highest BCUT2D eigenvalue weighted by Gasteiger charge is 2.07. The van der Waals surface area contributed by atoms with Gasteiger partial charge in [0, 0.05) is 9.14 Å². The topological polar surface area (TPSA) is 23.8 Å². The largest absolute Gasteiger partial charge is 0.193 e. The molecule has 0 aromatic heterocycles. The van der Waals surface area contributed by atoms with Gasteiger partial charge in [-0.3, -0.25) is 0 Å². The maximum Gasteiger partial charge on any atom is 0.0962 e. The molecule has 1 nitrogen and oxygen atoms in total. The summed E-state index contributed by atoms with van der Waals surface area (Å²) in [4.78, 5) is 0. The lowest BCUT2D eigenvalue weighted by atomic mass is 10.1. The molecule has 0 aliphatic rings. The zero-order valence-electron chi connectivity index (χ0n) is 8.02. The van der Waals surface area contributed by atoms with Crippen LogP contribution in [0.1, 0.15) is 18.9 Å². The second-order valence-electron chi connectivity index (χ2n) is 2.89. The van der Waals surface area contributed by atoms with Crippen molar-refractivity contribution in [2.24, 2.45) is 0 Å². The fourth-order valence-corrected chi connectivity index (χ4v) is 1.90. The summed E-state index contributed by atoms with van der Waals surface area (Å²) in [5, 5.41) is 9.99. The summed E-state index contributed by atoms with van der Waals surface area (Å²) < 4.78 is 0.970. The molecular formula is C11H8Cl2IN. The molecule has 0 spiro atoms. The highest BCUT2D eigenvalue weighted by atomic mass is 127. The van der Waals surface area contributed by atoms with Crippen LogP contribution in [0.15, 0.2) is 23.8 Å². The Hall–Kier alpha value is -0.240. The number of hydrogen-bond acceptors (Lipinski definition) is 1. The molecule has 78 valence electrons. The first-order chi connectivity index (χ1) is 7.10. The van der Waals surface area contributed by atoms with Crippen LogP contribution < -0.4 is 0 Å². The van der Waals surface area contributed by atoms with Crippen molar-refractivity contribution in [2.45, 2.75) is 13.3 Å². The third-order valence-electron chi connectivity index (χ3n) is 1.93. The fourth-order valence-electron chi connectivity index (χ4n) is 1.09. The van der Waals surface area contributed by atoms with Crippen LogP contribution in [0.2, 0.25) is 5.02 Å². The van der Waals surface area contributed by atoms with Crippen molar-refractivity contribution < 1.29 is 0 Å². The van der Waals surface area contributed by atoms with Gasteiger partial charge in [-0.25, -0.2) is 0 Å². The zero-order chi connectivity index (χ0) is 11.4. The lowest BCUT2D eigenvalue weighted by Gasteiger charge is -2.03. The molecule has 0 amide bonds. The Bertz CT molecular complexity index is 446. The lowest BCUT2D eigenvalue weighted by Crippen LogP contribution is -1.85. The van der Waals surface area contributed by atoms with Crippen molar-refractivity contribution in [3.63, 3.8) is 0 Å². The third-order valence-corrected chi connectivity index (χ3v) is 3.95. The minimum Gasteiger partial charge on any atom is -0.193 e. The summed E-state index contributed by atoms with van der Waals surface area (Å²) in [6, 6.07) is 7.61. The molecule has 4 heteroatoms. The third kappa shape index (κ3) is 3.10. The quantitative estimate of drug-likeness (QED) is 0.553. The molecule has 0 saturated heterocycles. The molecular weight excluding hydrogens is 344 g/mol. The van der Waals surface area contributed by atoms with Gasteiger partial charge in [0.15, 0.2) is 0 Å². The van der Waals surface area contributed by atoms with Crippen molar-refractivity contribution >= 4 is 50.8 Å². The normalized spacial score (nSPS) is 11.9. The van der Waals surface area contributed by atoms with Gasteiger partial charge in [0.05, 0.1) is 16.1 Å². The van der Waals surface area contributed by atoms with Crippen LogP contribution in [-0.2, 0) is 0 Å². The first kappa shape index (κ1) is 12.8. The molecule has 0 fully saturated rings. The molecule has 0 bridgehead atoms. The van der Waals surface area contributed by atoms with Crippen LogP contribution in [-0.4, -0.2) is 0 Å². The first-order valence-electron chi connectivity index (χ1n) is 4.34. The van der Waals surface area contributed by atoms with Gasteiger partial charge in [-0.05, 0) is 46.7 Å². The van der Waals surface area contributed by atoms with Crippen LogP contribution in [0.25, 0.3) is 5.03 Å². The molecule has 0 saturated carbocycles. The van der Waals surface area contributed by atoms with Crippen molar-refractivity contribution in [2.75, 3.05) is 0 Å². The van der Waals surface area contributed by atoms with Gasteiger partial charge in [-0.2, -0.15) is 5.26 Å². The SMILES string of the molecule is CC/C(C#N)=C(/Cl)c1ccc(I)c(Cl)c1. The molecule has 0 radical (unpaired) electrons. The van der Waals surface area contributed by atoms with Gasteiger partial charge >= 0.3 is 0 Å². The van der Waals surface area contributed by atoms with Gasteiger partial charge in [-0.1, -0.05) is 36.2 Å². The number of nitrogens with zero attached hydrogens (tertiary/aromatic N) is 1. The van der Waals surface area contributed by atoms with Gasteiger partial charge in [0.25, 0.3) is 0 Å². The van der Waals surface area contributed by atoms with E-state index in [1.165, 1.54) is 0 Å². The molecule has 0 heterocycles. The van der Waals surface area contributed by atoms with Gasteiger partial charge < -0.3 is 0 Å². The van der Waals surface area contributed by atoms with E-state index in [-0.39, 0.29) is 0 Å². The molecule has 1 aromatic rings. The lowest BCUT2D eigenvalue weighted by molar-refractivity contribution is 1.16. The maximum atomic E-state index is 8.85. The molecule has 1 rings (SSSR count). The van der Waals surface area contributed by atoms with Gasteiger partial charge in [0.2, 0.25) is 0 Å². The highest BCUT2D eigenvalue weighted by Crippen LogP contribution is 2.28. The summed E-state index contributed by atoms with van der Waals surface area (Å²) in [6.07, 6.45) is 0.624. The second kappa shape index (κ2) is 5.74. The van der Waals surface area contributed by atoms with E-state index in [4.69, 9.17) is 28.5 Å². The van der Waals surface area contributed by atoms with E-state index < -0.39 is 0 Å². The van der Waals surface area contributed by atoms with Crippen LogP contribution in [0.3, 0.4) is 0 Å². The number of rotatable bonds is 2. The van der Waals surface area contributed by atoms with Gasteiger partial charge in [-0.15, -0.1) is 0 Å². The Morgan fingerprint density at radius 1 is 1.53 bits per heavy atom. The van der Waals surface area contributed by atoms with Crippen molar-refractivity contribution in [1.29, 1.82) is 5.26 Å². The predicted octanol–water partition coefficient (Wildman–Crippen LogP) is 4.83. The summed E-state index contributed by atoms with van der Waals surface area (Å²) in [6.45, 7) is 1.90. The van der Waals surface area contributed by atoms with E-state index in [1.54, 1.807) is 6.07 Å². The summed E-state index contributed by atoms with van der Waals surface area (Å²) in [5.74, 6) is 0. The number of benzene rings is 1. The van der Waals surface area contributed by atoms with Crippen LogP contribution in [0.5, 0.6) is 0 Å². The number of nitriles is 1. The van der Waals surface area contributed by atoms with Crippen molar-refractivity contribution in [3.05, 3.63) is 37.9 Å². The summed E-state index contributed by atoms with van der Waals surface area (Å²) in [7, 11) is 0. The minimum atomic E-state index is 0.485. The molecule has 15 heavy (non-hydrogen) atoms. The fraction of sp³-hybridized carbons (Fsp3) is 0.182. The molecule has 0 N–H and O–H groups in total. The van der Waals surface area contributed by atoms with E-state index in [0.717, 1.165) is 9.13 Å². The Morgan fingerprint density at radius 2 is 2.20 bits per heavy atom. The number of allylic oxidation sites excluding steroid dienone is 1. The summed E-state index contributed by atoms with van der Waals surface area (Å²) in [5.41, 5.74) is 1.37. The Morgan fingerprint density at radius 3 is 2.67 bits per heavy atom. The van der Waals surface area contributed by atoms with Crippen LogP contribution in [0.4, 0.5) is 0 Å². The highest BCUT2D eigenvalue weighted by molar-refractivity contribution is 14.1. The average Bonchev–Trinajstić information content (AvgIpc) is 2.23. The van der Waals surface area contributed by atoms with Crippen molar-refractivity contribution in [3.8, 4) is 6.07 Å². The average molecular weight is 352 g/mol. The van der Waals surface area contributed by atoms with E-state index >= 15 is 0 Å². The minimum absolute atomic E-state index is 0.485. The number of halogens is 3. The monoisotopic (exact) mass is 351 g/mol. The van der Waals surface area contributed by atoms with E-state index in [9.17, 15) is 0 Å². The molecule has 0 atom stereocenters. The number of hydrogen-bond donors (Lipinski definition) is 0. The van der Waals surface area contributed by atoms with Crippen molar-refractivity contribution in [1.82, 2.24) is 0 Å². The molecule has 0 aliphatic carbocycles. The second-order valence-corrected chi connectivity index (χ2v) is 4.83. The van der Waals surface area contributed by atoms with Gasteiger partial charge in [0.1, 0.15) is 0 Å².